The number of halogens is 4. The average Bonchev–Trinajstić information content (AvgIpc) is 3.32. The fourth-order valence-electron chi connectivity index (χ4n) is 6.23. The van der Waals surface area contributed by atoms with Gasteiger partial charge in [0.1, 0.15) is 6.04 Å². The normalized spacial score (nSPS) is 33.5. The van der Waals surface area contributed by atoms with E-state index in [2.05, 4.69) is 4.98 Å². The highest BCUT2D eigenvalue weighted by atomic mass is 19.4. The molecule has 2 amide bonds. The third-order valence-corrected chi connectivity index (χ3v) is 7.90. The molecule has 9 nitrogen and oxygen atoms in total. The number of ether oxygens (including phenoxy) is 1. The largest absolute Gasteiger partial charge is 0.491 e. The van der Waals surface area contributed by atoms with Crippen LogP contribution in [0.1, 0.15) is 48.9 Å². The standard InChI is InChI=1S/C23H23F4N5O4/c24-17-7-11(3-4-30-17)19(33)31-14-1-2-15(31)6-12(5-14)18(29)20(34)32-16(10-28)8-13-9-22(13,32)36-21(35)23(25,26)27/h3-4,7,12-16,18H,1-2,5-6,8-9,29H2/t12?,13-,14?,15?,16+,18-,22+/m1/s1. The number of piperidine rings is 2. The van der Waals surface area contributed by atoms with Gasteiger partial charge in [0.05, 0.1) is 12.1 Å². The van der Waals surface area contributed by atoms with Crippen LogP contribution in [-0.2, 0) is 14.3 Å². The van der Waals surface area contributed by atoms with Gasteiger partial charge in [0.2, 0.25) is 11.9 Å². The van der Waals surface area contributed by atoms with Crippen LogP contribution in [0.4, 0.5) is 17.6 Å². The van der Waals surface area contributed by atoms with Crippen LogP contribution in [0.5, 0.6) is 0 Å². The van der Waals surface area contributed by atoms with E-state index in [9.17, 15) is 37.2 Å². The van der Waals surface area contributed by atoms with E-state index in [1.807, 2.05) is 6.07 Å². The van der Waals surface area contributed by atoms with E-state index < -0.39 is 53.6 Å². The number of hydrogen-bond acceptors (Lipinski definition) is 7. The molecule has 4 aliphatic rings. The molecule has 192 valence electrons. The van der Waals surface area contributed by atoms with Crippen molar-refractivity contribution in [1.29, 1.82) is 5.26 Å². The van der Waals surface area contributed by atoms with E-state index in [-0.39, 0.29) is 36.4 Å². The van der Waals surface area contributed by atoms with E-state index >= 15 is 0 Å². The Morgan fingerprint density at radius 3 is 2.47 bits per heavy atom. The zero-order valence-corrected chi connectivity index (χ0v) is 18.9. The van der Waals surface area contributed by atoms with Gasteiger partial charge < -0.3 is 15.4 Å². The number of pyridine rings is 1. The van der Waals surface area contributed by atoms with Crippen molar-refractivity contribution in [3.8, 4) is 6.07 Å². The first-order chi connectivity index (χ1) is 17.0. The summed E-state index contributed by atoms with van der Waals surface area (Å²) in [5, 5.41) is 9.52. The Balaban J connectivity index is 1.31. The molecule has 3 saturated heterocycles. The summed E-state index contributed by atoms with van der Waals surface area (Å²) in [5.41, 5.74) is 4.69. The highest BCUT2D eigenvalue weighted by Gasteiger charge is 2.72. The molecule has 2 unspecified atom stereocenters. The minimum atomic E-state index is -5.24. The number of rotatable bonds is 4. The number of nitrogens with zero attached hydrogens (tertiary/aromatic N) is 4. The van der Waals surface area contributed by atoms with Gasteiger partial charge >= 0.3 is 12.1 Å². The van der Waals surface area contributed by atoms with Crippen LogP contribution in [-0.4, -0.2) is 68.6 Å². The third-order valence-electron chi connectivity index (χ3n) is 7.90. The number of nitriles is 1. The number of amides is 2. The number of alkyl halides is 3. The summed E-state index contributed by atoms with van der Waals surface area (Å²) >= 11 is 0. The lowest BCUT2D eigenvalue weighted by atomic mass is 9.84. The third kappa shape index (κ3) is 3.87. The van der Waals surface area contributed by atoms with Crippen LogP contribution in [0.3, 0.4) is 0 Å². The second kappa shape index (κ2) is 8.40. The fourth-order valence-corrected chi connectivity index (χ4v) is 6.23. The molecular formula is C23H23F4N5O4. The van der Waals surface area contributed by atoms with E-state index in [4.69, 9.17) is 10.5 Å². The summed E-state index contributed by atoms with van der Waals surface area (Å²) in [6.45, 7) is 0. The number of fused-ring (bicyclic) bond motifs is 3. The second-order valence-corrected chi connectivity index (χ2v) is 9.94. The van der Waals surface area contributed by atoms with Gasteiger partial charge in [0, 0.05) is 42.2 Å². The predicted octanol–water partition coefficient (Wildman–Crippen LogP) is 1.88. The lowest BCUT2D eigenvalue weighted by Gasteiger charge is -2.42. The maximum atomic E-state index is 13.5. The van der Waals surface area contributed by atoms with E-state index in [1.54, 1.807) is 4.90 Å². The molecule has 0 radical (unpaired) electrons. The van der Waals surface area contributed by atoms with Crippen molar-refractivity contribution >= 4 is 17.8 Å². The number of nitrogens with two attached hydrogens (primary N) is 1. The van der Waals surface area contributed by atoms with Crippen molar-refractivity contribution in [3.05, 3.63) is 29.8 Å². The first-order valence-corrected chi connectivity index (χ1v) is 11.7. The van der Waals surface area contributed by atoms with Crippen molar-refractivity contribution in [1.82, 2.24) is 14.8 Å². The summed E-state index contributed by atoms with van der Waals surface area (Å²) in [6.07, 6.45) is -1.84. The zero-order valence-electron chi connectivity index (χ0n) is 18.9. The maximum absolute atomic E-state index is 13.5. The summed E-state index contributed by atoms with van der Waals surface area (Å²) in [7, 11) is 0. The molecule has 0 spiro atoms. The summed E-state index contributed by atoms with van der Waals surface area (Å²) < 4.78 is 56.9. The van der Waals surface area contributed by atoms with Crippen molar-refractivity contribution in [2.24, 2.45) is 17.6 Å². The Labute approximate surface area is 203 Å². The highest BCUT2D eigenvalue weighted by Crippen LogP contribution is 2.59. The van der Waals surface area contributed by atoms with E-state index in [0.29, 0.717) is 25.7 Å². The lowest BCUT2D eigenvalue weighted by Crippen LogP contribution is -2.58. The minimum Gasteiger partial charge on any atom is -0.432 e. The zero-order chi connectivity index (χ0) is 26.0. The Hall–Kier alpha value is -3.27. The average molecular weight is 509 g/mol. The van der Waals surface area contributed by atoms with E-state index in [1.165, 1.54) is 12.3 Å². The van der Waals surface area contributed by atoms with Crippen LogP contribution >= 0.6 is 0 Å². The number of esters is 1. The van der Waals surface area contributed by atoms with Gasteiger partial charge in [-0.2, -0.15) is 22.8 Å². The van der Waals surface area contributed by atoms with Crippen LogP contribution < -0.4 is 5.73 Å². The van der Waals surface area contributed by atoms with Crippen LogP contribution in [0.25, 0.3) is 0 Å². The van der Waals surface area contributed by atoms with Crippen molar-refractivity contribution in [3.63, 3.8) is 0 Å². The Morgan fingerprint density at radius 2 is 1.89 bits per heavy atom. The monoisotopic (exact) mass is 509 g/mol. The summed E-state index contributed by atoms with van der Waals surface area (Å²) in [6, 6.07) is 1.71. The second-order valence-electron chi connectivity index (χ2n) is 9.94. The van der Waals surface area contributed by atoms with Crippen molar-refractivity contribution < 1.29 is 36.7 Å². The van der Waals surface area contributed by atoms with E-state index in [0.717, 1.165) is 11.0 Å². The number of likely N-dealkylation sites (tertiary alicyclic amines) is 1. The number of carbonyl (C=O) groups is 3. The Bertz CT molecular complexity index is 1140. The van der Waals surface area contributed by atoms with Gasteiger partial charge in [0.25, 0.3) is 5.91 Å². The Kier molecular flexibility index (Phi) is 5.70. The van der Waals surface area contributed by atoms with Crippen LogP contribution in [0.15, 0.2) is 18.3 Å². The molecule has 2 N–H and O–H groups in total. The molecule has 1 aliphatic carbocycles. The number of carbonyl (C=O) groups excluding carboxylic acids is 3. The highest BCUT2D eigenvalue weighted by molar-refractivity contribution is 5.95. The van der Waals surface area contributed by atoms with Gasteiger partial charge in [-0.1, -0.05) is 0 Å². The number of hydrogen-bond donors (Lipinski definition) is 1. The van der Waals surface area contributed by atoms with Crippen LogP contribution in [0, 0.1) is 29.1 Å². The predicted molar refractivity (Wildman–Crippen MR) is 112 cm³/mol. The van der Waals surface area contributed by atoms with Gasteiger partial charge in [-0.15, -0.1) is 0 Å². The maximum Gasteiger partial charge on any atom is 0.491 e. The molecule has 5 rings (SSSR count). The van der Waals surface area contributed by atoms with Crippen molar-refractivity contribution in [2.75, 3.05) is 0 Å². The smallest absolute Gasteiger partial charge is 0.432 e. The molecule has 4 fully saturated rings. The van der Waals surface area contributed by atoms with Gasteiger partial charge in [-0.05, 0) is 44.1 Å². The SMILES string of the molecule is N#C[C@@H]1C[C@@H]2C[C@@]2(OC(=O)C(F)(F)F)N1C(=O)[C@H](N)C1CC2CCC(C1)N2C(=O)c1ccnc(F)c1. The summed E-state index contributed by atoms with van der Waals surface area (Å²) in [4.78, 5) is 44.1. The molecule has 1 aromatic heterocycles. The van der Waals surface area contributed by atoms with Crippen LogP contribution in [0.2, 0.25) is 0 Å². The molecule has 3 aliphatic heterocycles. The van der Waals surface area contributed by atoms with Gasteiger partial charge in [-0.25, -0.2) is 9.78 Å². The van der Waals surface area contributed by atoms with Gasteiger partial charge in [0.15, 0.2) is 5.72 Å². The lowest BCUT2D eigenvalue weighted by molar-refractivity contribution is -0.217. The quantitative estimate of drug-likeness (QED) is 0.373. The number of aromatic nitrogens is 1. The molecular weight excluding hydrogens is 486 g/mol. The summed E-state index contributed by atoms with van der Waals surface area (Å²) in [5.74, 6) is -5.22. The Morgan fingerprint density at radius 1 is 1.22 bits per heavy atom. The first kappa shape index (κ1) is 24.4. The van der Waals surface area contributed by atoms with Gasteiger partial charge in [-0.3, -0.25) is 14.5 Å². The molecule has 1 aromatic rings. The topological polar surface area (TPSA) is 130 Å². The molecule has 6 atom stereocenters. The minimum absolute atomic E-state index is 0.0200. The molecule has 4 heterocycles. The molecule has 2 bridgehead atoms. The first-order valence-electron chi connectivity index (χ1n) is 11.7. The molecule has 13 heteroatoms. The molecule has 0 aromatic carbocycles. The molecule has 36 heavy (non-hydrogen) atoms. The van der Waals surface area contributed by atoms with Crippen molar-refractivity contribution in [2.45, 2.75) is 74.6 Å². The molecule has 1 saturated carbocycles. The fraction of sp³-hybridized carbons (Fsp3) is 0.609.